The van der Waals surface area contributed by atoms with Gasteiger partial charge in [0.05, 0.1) is 36.5 Å². The first-order valence-corrected chi connectivity index (χ1v) is 24.0. The number of hydrogen-bond acceptors (Lipinski definition) is 6. The molecule has 0 aromatic heterocycles. The predicted molar refractivity (Wildman–Crippen MR) is 241 cm³/mol. The van der Waals surface area contributed by atoms with Crippen LogP contribution in [0.2, 0.25) is 0 Å². The minimum Gasteiger partial charge on any atom is -0.494 e. The Morgan fingerprint density at radius 2 is 0.571 bits per heavy atom. The molecule has 0 amide bonds. The smallest absolute Gasteiger partial charge is 0.119 e. The third-order valence-electron chi connectivity index (χ3n) is 10.3. The summed E-state index contributed by atoms with van der Waals surface area (Å²) in [7, 11) is 4.19. The number of nitriles is 2. The van der Waals surface area contributed by atoms with Crippen molar-refractivity contribution in [2.24, 2.45) is 0 Å². The van der Waals surface area contributed by atoms with Gasteiger partial charge in [-0.15, -0.1) is 0 Å². The molecule has 0 aliphatic carbocycles. The summed E-state index contributed by atoms with van der Waals surface area (Å²) in [5.74, 6) is 4.49. The number of hydrogen-bond donors (Lipinski definition) is 0. The Bertz CT molecular complexity index is 1530. The van der Waals surface area contributed by atoms with E-state index in [9.17, 15) is 0 Å². The lowest BCUT2D eigenvalue weighted by Crippen LogP contribution is -1.97. The predicted octanol–water partition coefficient (Wildman–Crippen LogP) is 15.4. The molecule has 298 valence electrons. The van der Waals surface area contributed by atoms with Crippen molar-refractivity contribution < 1.29 is 9.47 Å². The average molecular weight is 789 g/mol. The van der Waals surface area contributed by atoms with Gasteiger partial charge in [-0.1, -0.05) is 173 Å². The van der Waals surface area contributed by atoms with Gasteiger partial charge in [-0.3, -0.25) is 0 Å². The number of nitrogens with zero attached hydrogens (tertiary/aromatic N) is 2. The Morgan fingerprint density at radius 3 is 0.857 bits per heavy atom. The SMILES string of the molecule is N#Cc1ccc(-c2ccc(OCCCCCCCCCCCCSSCCCCCCCCCCCCOc3ccc(-c4ccc(C#N)cc4)cc3)cc2)cc1. The zero-order chi connectivity index (χ0) is 39.1. The van der Waals surface area contributed by atoms with Gasteiger partial charge >= 0.3 is 0 Å². The summed E-state index contributed by atoms with van der Waals surface area (Å²) >= 11 is 0. The van der Waals surface area contributed by atoms with Crippen LogP contribution in [-0.4, -0.2) is 24.7 Å². The summed E-state index contributed by atoms with van der Waals surface area (Å²) in [4.78, 5) is 0. The number of benzene rings is 4. The van der Waals surface area contributed by atoms with Crippen LogP contribution in [0.5, 0.6) is 11.5 Å². The van der Waals surface area contributed by atoms with Crippen molar-refractivity contribution in [2.45, 2.75) is 128 Å². The Hall–Kier alpha value is -3.84. The van der Waals surface area contributed by atoms with Gasteiger partial charge in [-0.25, -0.2) is 0 Å². The largest absolute Gasteiger partial charge is 0.494 e. The summed E-state index contributed by atoms with van der Waals surface area (Å²) in [6.45, 7) is 1.57. The molecule has 0 saturated heterocycles. The maximum absolute atomic E-state index is 8.97. The molecule has 0 saturated carbocycles. The summed E-state index contributed by atoms with van der Waals surface area (Å²) in [6, 6.07) is 36.3. The van der Waals surface area contributed by atoms with Gasteiger partial charge in [0.25, 0.3) is 0 Å². The van der Waals surface area contributed by atoms with Crippen molar-refractivity contribution >= 4 is 21.6 Å². The van der Waals surface area contributed by atoms with E-state index in [0.717, 1.165) is 59.8 Å². The van der Waals surface area contributed by atoms with Crippen molar-refractivity contribution in [3.05, 3.63) is 108 Å². The summed E-state index contributed by atoms with van der Waals surface area (Å²) in [5, 5.41) is 17.9. The first kappa shape index (κ1) is 44.9. The second kappa shape index (κ2) is 29.4. The van der Waals surface area contributed by atoms with E-state index < -0.39 is 0 Å². The Balaban J connectivity index is 0.808. The van der Waals surface area contributed by atoms with Crippen LogP contribution >= 0.6 is 21.6 Å². The Kier molecular flexibility index (Phi) is 23.6. The molecule has 0 aliphatic heterocycles. The van der Waals surface area contributed by atoms with Crippen molar-refractivity contribution in [2.75, 3.05) is 24.7 Å². The highest BCUT2D eigenvalue weighted by molar-refractivity contribution is 8.76. The van der Waals surface area contributed by atoms with Gasteiger partial charge in [0.15, 0.2) is 0 Å². The van der Waals surface area contributed by atoms with E-state index in [1.807, 2.05) is 72.8 Å². The zero-order valence-electron chi connectivity index (χ0n) is 33.7. The van der Waals surface area contributed by atoms with E-state index in [0.29, 0.717) is 11.1 Å². The third-order valence-corrected chi connectivity index (χ3v) is 12.8. The highest BCUT2D eigenvalue weighted by Gasteiger charge is 2.03. The van der Waals surface area contributed by atoms with Gasteiger partial charge in [-0.05, 0) is 96.5 Å². The topological polar surface area (TPSA) is 66.0 Å². The summed E-state index contributed by atoms with van der Waals surface area (Å²) in [6.07, 6.45) is 26.7. The molecular formula is C50H64N2O2S2. The van der Waals surface area contributed by atoms with Crippen LogP contribution in [0.1, 0.15) is 140 Å². The van der Waals surface area contributed by atoms with Crippen LogP contribution < -0.4 is 9.47 Å². The van der Waals surface area contributed by atoms with Gasteiger partial charge in [-0.2, -0.15) is 10.5 Å². The summed E-state index contributed by atoms with van der Waals surface area (Å²) in [5.41, 5.74) is 5.89. The zero-order valence-corrected chi connectivity index (χ0v) is 35.4. The molecule has 0 N–H and O–H groups in total. The van der Waals surface area contributed by atoms with Gasteiger partial charge < -0.3 is 9.47 Å². The molecule has 0 heterocycles. The molecule has 0 aliphatic rings. The second-order valence-corrected chi connectivity index (χ2v) is 17.5. The van der Waals surface area contributed by atoms with Crippen LogP contribution in [-0.2, 0) is 0 Å². The fraction of sp³-hybridized carbons (Fsp3) is 0.480. The van der Waals surface area contributed by atoms with Crippen LogP contribution in [0.15, 0.2) is 97.1 Å². The van der Waals surface area contributed by atoms with Crippen LogP contribution in [0.3, 0.4) is 0 Å². The molecule has 0 spiro atoms. The average Bonchev–Trinajstić information content (AvgIpc) is 3.25. The van der Waals surface area contributed by atoms with Crippen molar-refractivity contribution in [1.29, 1.82) is 10.5 Å². The molecule has 0 atom stereocenters. The molecule has 0 bridgehead atoms. The molecule has 56 heavy (non-hydrogen) atoms. The number of ether oxygens (including phenoxy) is 2. The van der Waals surface area contributed by atoms with E-state index in [1.165, 1.54) is 127 Å². The van der Waals surface area contributed by atoms with E-state index >= 15 is 0 Å². The fourth-order valence-electron chi connectivity index (χ4n) is 6.81. The van der Waals surface area contributed by atoms with Gasteiger partial charge in [0.1, 0.15) is 11.5 Å². The molecule has 0 unspecified atom stereocenters. The molecule has 4 aromatic rings. The second-order valence-electron chi connectivity index (χ2n) is 14.8. The molecule has 4 nitrogen and oxygen atoms in total. The minimum atomic E-state index is 0.687. The van der Waals surface area contributed by atoms with Crippen LogP contribution in [0.25, 0.3) is 22.3 Å². The lowest BCUT2D eigenvalue weighted by Gasteiger charge is -2.08. The van der Waals surface area contributed by atoms with Gasteiger partial charge in [0, 0.05) is 11.5 Å². The number of rotatable bonds is 31. The quantitative estimate of drug-likeness (QED) is 0.0374. The molecular weight excluding hydrogens is 725 g/mol. The Labute approximate surface area is 347 Å². The van der Waals surface area contributed by atoms with Crippen molar-refractivity contribution in [3.63, 3.8) is 0 Å². The Morgan fingerprint density at radius 1 is 0.321 bits per heavy atom. The molecule has 4 rings (SSSR count). The van der Waals surface area contributed by atoms with E-state index in [2.05, 4.69) is 58.0 Å². The standard InChI is InChI=1S/C50H64N2O2S2/c51-41-43-21-25-45(26-22-43)47-29-33-49(34-30-47)53-37-17-13-9-5-1-3-7-11-15-19-39-55-56-40-20-16-12-8-4-2-6-10-14-18-38-54-50-35-31-48(32-36-50)46-27-23-44(42-52)24-28-46/h21-36H,1-20,37-40H2. The molecule has 4 aromatic carbocycles. The molecule has 0 radical (unpaired) electrons. The van der Waals surface area contributed by atoms with Crippen LogP contribution in [0, 0.1) is 22.7 Å². The van der Waals surface area contributed by atoms with E-state index in [1.54, 1.807) is 0 Å². The highest BCUT2D eigenvalue weighted by atomic mass is 33.1. The summed E-state index contributed by atoms with van der Waals surface area (Å²) < 4.78 is 11.9. The highest BCUT2D eigenvalue weighted by Crippen LogP contribution is 2.26. The maximum Gasteiger partial charge on any atom is 0.119 e. The van der Waals surface area contributed by atoms with E-state index in [-0.39, 0.29) is 0 Å². The van der Waals surface area contributed by atoms with Gasteiger partial charge in [0.2, 0.25) is 0 Å². The lowest BCUT2D eigenvalue weighted by atomic mass is 10.0. The third kappa shape index (κ3) is 19.3. The van der Waals surface area contributed by atoms with Crippen LogP contribution in [0.4, 0.5) is 0 Å². The lowest BCUT2D eigenvalue weighted by molar-refractivity contribution is 0.304. The van der Waals surface area contributed by atoms with E-state index in [4.69, 9.17) is 20.0 Å². The van der Waals surface area contributed by atoms with Crippen molar-refractivity contribution in [1.82, 2.24) is 0 Å². The normalized spacial score (nSPS) is 10.9. The first-order chi connectivity index (χ1) is 27.7. The minimum absolute atomic E-state index is 0.687. The first-order valence-electron chi connectivity index (χ1n) is 21.5. The molecule has 0 fully saturated rings. The fourth-order valence-corrected chi connectivity index (χ4v) is 9.11. The maximum atomic E-state index is 8.97. The monoisotopic (exact) mass is 788 g/mol. The van der Waals surface area contributed by atoms with Crippen molar-refractivity contribution in [3.8, 4) is 45.9 Å². The molecule has 6 heteroatoms. The number of unbranched alkanes of at least 4 members (excludes halogenated alkanes) is 18.